The summed E-state index contributed by atoms with van der Waals surface area (Å²) in [6.45, 7) is 4.73. The van der Waals surface area contributed by atoms with E-state index >= 15 is 0 Å². The van der Waals surface area contributed by atoms with Crippen LogP contribution in [0.4, 0.5) is 0 Å². The molecule has 0 fully saturated rings. The van der Waals surface area contributed by atoms with Gasteiger partial charge in [0.2, 0.25) is 0 Å². The average Bonchev–Trinajstić information content (AvgIpc) is 3.75. The van der Waals surface area contributed by atoms with Gasteiger partial charge in [-0.1, -0.05) is 147 Å². The highest BCUT2D eigenvalue weighted by Gasteiger charge is 2.39. The maximum Gasteiger partial charge on any atom is 0.156 e. The van der Waals surface area contributed by atoms with Crippen LogP contribution < -0.4 is 4.74 Å². The van der Waals surface area contributed by atoms with Crippen molar-refractivity contribution in [3.63, 3.8) is 0 Å². The van der Waals surface area contributed by atoms with Crippen LogP contribution in [0.5, 0.6) is 11.5 Å². The lowest BCUT2D eigenvalue weighted by Crippen LogP contribution is -2.25. The van der Waals surface area contributed by atoms with Crippen molar-refractivity contribution in [3.8, 4) is 45.1 Å². The van der Waals surface area contributed by atoms with Crippen molar-refractivity contribution in [3.05, 3.63) is 193 Å². The predicted molar refractivity (Wildman–Crippen MR) is 225 cm³/mol. The number of hydrogen-bond donors (Lipinski definition) is 0. The molecule has 256 valence electrons. The quantitative estimate of drug-likeness (QED) is 0.180. The molecule has 8 aromatic carbocycles. The molecule has 1 aliphatic rings. The van der Waals surface area contributed by atoms with E-state index in [4.69, 9.17) is 4.74 Å². The maximum absolute atomic E-state index is 7.26. The Labute approximate surface area is 313 Å². The minimum atomic E-state index is -0.391. The largest absolute Gasteiger partial charge is 0.454 e. The van der Waals surface area contributed by atoms with Gasteiger partial charge in [-0.05, 0) is 70.8 Å². The van der Waals surface area contributed by atoms with E-state index in [0.717, 1.165) is 33.9 Å². The number of nitrogens with zero attached hydrogens (tertiary/aromatic N) is 2. The molecule has 0 unspecified atom stereocenters. The first-order chi connectivity index (χ1) is 26.6. The number of hydrogen-bond acceptors (Lipinski definition) is 1. The monoisotopic (exact) mass is 692 g/mol. The highest BCUT2D eigenvalue weighted by molar-refractivity contribution is 6.14. The van der Waals surface area contributed by atoms with Gasteiger partial charge in [-0.3, -0.25) is 0 Å². The molecule has 0 aliphatic carbocycles. The number of aromatic nitrogens is 2. The summed E-state index contributed by atoms with van der Waals surface area (Å²) in [4.78, 5) is 0. The fraction of sp³-hybridized carbons (Fsp3) is 0.0588. The smallest absolute Gasteiger partial charge is 0.156 e. The van der Waals surface area contributed by atoms with Crippen LogP contribution in [0.25, 0.3) is 77.2 Å². The third-order valence-electron chi connectivity index (χ3n) is 11.5. The Kier molecular flexibility index (Phi) is 6.60. The zero-order valence-electron chi connectivity index (χ0n) is 30.1. The lowest BCUT2D eigenvalue weighted by Gasteiger charge is -2.36. The summed E-state index contributed by atoms with van der Waals surface area (Å²) in [7, 11) is 0. The average molecular weight is 693 g/mol. The summed E-state index contributed by atoms with van der Waals surface area (Å²) in [6.07, 6.45) is 0. The zero-order chi connectivity index (χ0) is 36.0. The van der Waals surface area contributed by atoms with Gasteiger partial charge in [-0.2, -0.15) is 0 Å². The number of fused-ring (bicyclic) bond motifs is 10. The number of para-hydroxylation sites is 2. The van der Waals surface area contributed by atoms with Crippen LogP contribution in [0.1, 0.15) is 25.0 Å². The van der Waals surface area contributed by atoms with Crippen LogP contribution in [0, 0.1) is 0 Å². The van der Waals surface area contributed by atoms with Crippen molar-refractivity contribution in [2.45, 2.75) is 19.3 Å². The highest BCUT2D eigenvalue weighted by Crippen LogP contribution is 2.55. The summed E-state index contributed by atoms with van der Waals surface area (Å²) in [6, 6.07) is 65.6. The second-order valence-corrected chi connectivity index (χ2v) is 14.9. The standard InChI is InChI=1S/C51H36N2O/c1-51(2)43-30-28-42-40-21-10-11-22-44(40)52(37-26-24-35(25-27-37)33-14-5-3-6-15-33)49(42)50(43)54-46-31-29-41-39-20-9-12-23-45(39)53(48(41)47(46)51)38-19-13-18-36(32-38)34-16-7-4-8-17-34/h3-32H,1-2H3. The summed E-state index contributed by atoms with van der Waals surface area (Å²) in [5, 5.41) is 4.85. The molecular formula is C51H36N2O. The van der Waals surface area contributed by atoms with E-state index in [1.165, 1.54) is 66.0 Å². The molecule has 0 amide bonds. The molecule has 3 nitrogen and oxygen atoms in total. The topological polar surface area (TPSA) is 19.1 Å². The summed E-state index contributed by atoms with van der Waals surface area (Å²) < 4.78 is 12.1. The zero-order valence-corrected chi connectivity index (χ0v) is 30.1. The van der Waals surface area contributed by atoms with Crippen LogP contribution >= 0.6 is 0 Å². The molecule has 11 rings (SSSR count). The predicted octanol–water partition coefficient (Wildman–Crippen LogP) is 13.6. The Morgan fingerprint density at radius 3 is 1.63 bits per heavy atom. The van der Waals surface area contributed by atoms with E-state index in [1.54, 1.807) is 0 Å². The number of ether oxygens (including phenoxy) is 1. The van der Waals surface area contributed by atoms with Crippen molar-refractivity contribution >= 4 is 43.6 Å². The summed E-state index contributed by atoms with van der Waals surface area (Å²) in [5.74, 6) is 1.81. The first-order valence-corrected chi connectivity index (χ1v) is 18.7. The molecule has 0 atom stereocenters. The lowest BCUT2D eigenvalue weighted by molar-refractivity contribution is 0.423. The molecule has 0 N–H and O–H groups in total. The van der Waals surface area contributed by atoms with Crippen LogP contribution in [0.3, 0.4) is 0 Å². The molecule has 3 heteroatoms. The minimum Gasteiger partial charge on any atom is -0.454 e. The third kappa shape index (κ3) is 4.42. The lowest BCUT2D eigenvalue weighted by atomic mass is 9.74. The van der Waals surface area contributed by atoms with E-state index in [-0.39, 0.29) is 0 Å². The SMILES string of the molecule is CC1(C)c2ccc3c4ccccc4n(-c4ccc(-c5ccccc5)cc4)c3c2Oc2ccc3c4ccccc4n(-c4cccc(-c5ccccc5)c4)c3c21. The molecule has 0 spiro atoms. The van der Waals surface area contributed by atoms with Gasteiger partial charge in [0.05, 0.1) is 22.1 Å². The first-order valence-electron chi connectivity index (χ1n) is 18.7. The second-order valence-electron chi connectivity index (χ2n) is 14.9. The normalized spacial score (nSPS) is 13.3. The molecule has 54 heavy (non-hydrogen) atoms. The summed E-state index contributed by atoms with van der Waals surface area (Å²) >= 11 is 0. The van der Waals surface area contributed by atoms with Crippen molar-refractivity contribution in [2.75, 3.05) is 0 Å². The molecule has 10 aromatic rings. The fourth-order valence-corrected chi connectivity index (χ4v) is 9.02. The van der Waals surface area contributed by atoms with Gasteiger partial charge in [-0.25, -0.2) is 0 Å². The van der Waals surface area contributed by atoms with Gasteiger partial charge in [0.15, 0.2) is 5.75 Å². The van der Waals surface area contributed by atoms with E-state index in [9.17, 15) is 0 Å². The van der Waals surface area contributed by atoms with Gasteiger partial charge < -0.3 is 13.9 Å². The Morgan fingerprint density at radius 1 is 0.407 bits per heavy atom. The van der Waals surface area contributed by atoms with E-state index < -0.39 is 5.41 Å². The Hall–Kier alpha value is -6.84. The second kappa shape index (κ2) is 11.6. The molecule has 1 aliphatic heterocycles. The Bertz CT molecular complexity index is 3080. The molecule has 0 bridgehead atoms. The molecule has 0 saturated carbocycles. The fourth-order valence-electron chi connectivity index (χ4n) is 9.02. The Balaban J connectivity index is 1.15. The maximum atomic E-state index is 7.26. The molecular weight excluding hydrogens is 657 g/mol. The van der Waals surface area contributed by atoms with Crippen LogP contribution in [-0.4, -0.2) is 9.13 Å². The van der Waals surface area contributed by atoms with Crippen LogP contribution in [0.2, 0.25) is 0 Å². The van der Waals surface area contributed by atoms with E-state index in [0.29, 0.717) is 0 Å². The summed E-state index contributed by atoms with van der Waals surface area (Å²) in [5.41, 5.74) is 13.6. The molecule has 3 heterocycles. The van der Waals surface area contributed by atoms with Gasteiger partial charge >= 0.3 is 0 Å². The number of rotatable bonds is 4. The first kappa shape index (κ1) is 30.8. The van der Waals surface area contributed by atoms with Gasteiger partial charge in [0.1, 0.15) is 5.75 Å². The van der Waals surface area contributed by atoms with Crippen molar-refractivity contribution in [1.82, 2.24) is 9.13 Å². The third-order valence-corrected chi connectivity index (χ3v) is 11.5. The van der Waals surface area contributed by atoms with E-state index in [1.807, 2.05) is 0 Å². The van der Waals surface area contributed by atoms with Gasteiger partial charge in [-0.15, -0.1) is 0 Å². The van der Waals surface area contributed by atoms with Crippen molar-refractivity contribution < 1.29 is 4.74 Å². The van der Waals surface area contributed by atoms with Crippen LogP contribution in [-0.2, 0) is 5.41 Å². The van der Waals surface area contributed by atoms with Gasteiger partial charge in [0, 0.05) is 49.5 Å². The Morgan fingerprint density at radius 2 is 0.944 bits per heavy atom. The van der Waals surface area contributed by atoms with E-state index in [2.05, 4.69) is 205 Å². The van der Waals surface area contributed by atoms with Crippen molar-refractivity contribution in [2.24, 2.45) is 0 Å². The van der Waals surface area contributed by atoms with Gasteiger partial charge in [0.25, 0.3) is 0 Å². The van der Waals surface area contributed by atoms with Crippen LogP contribution in [0.15, 0.2) is 182 Å². The molecule has 2 aromatic heterocycles. The molecule has 0 saturated heterocycles. The highest BCUT2D eigenvalue weighted by atomic mass is 16.5. The minimum absolute atomic E-state index is 0.391. The van der Waals surface area contributed by atoms with Crippen molar-refractivity contribution in [1.29, 1.82) is 0 Å². The number of benzene rings is 8. The molecule has 0 radical (unpaired) electrons.